The van der Waals surface area contributed by atoms with Gasteiger partial charge in [-0.1, -0.05) is 13.3 Å². The van der Waals surface area contributed by atoms with Crippen LogP contribution in [0.4, 0.5) is 8.78 Å². The van der Waals surface area contributed by atoms with Crippen molar-refractivity contribution in [2.24, 2.45) is 0 Å². The highest BCUT2D eigenvalue weighted by molar-refractivity contribution is 8.00. The summed E-state index contributed by atoms with van der Waals surface area (Å²) in [4.78, 5) is 22.9. The Kier molecular flexibility index (Phi) is 7.11. The highest BCUT2D eigenvalue weighted by Gasteiger charge is 2.23. The Morgan fingerprint density at radius 2 is 1.95 bits per heavy atom. The van der Waals surface area contributed by atoms with E-state index in [4.69, 9.17) is 16.3 Å². The maximum Gasteiger partial charge on any atom is 0.319 e. The second-order valence-electron chi connectivity index (χ2n) is 4.18. The highest BCUT2D eigenvalue weighted by Crippen LogP contribution is 2.31. The van der Waals surface area contributed by atoms with Crippen molar-refractivity contribution in [2.75, 3.05) is 6.61 Å². The van der Waals surface area contributed by atoms with Gasteiger partial charge in [0.2, 0.25) is 0 Å². The van der Waals surface area contributed by atoms with Crippen molar-refractivity contribution in [3.05, 3.63) is 29.3 Å². The van der Waals surface area contributed by atoms with E-state index in [1.807, 2.05) is 6.92 Å². The van der Waals surface area contributed by atoms with E-state index in [9.17, 15) is 18.4 Å². The number of ether oxygens (including phenoxy) is 1. The number of halogens is 3. The van der Waals surface area contributed by atoms with E-state index in [1.165, 1.54) is 0 Å². The lowest BCUT2D eigenvalue weighted by Crippen LogP contribution is -2.20. The van der Waals surface area contributed by atoms with Crippen LogP contribution < -0.4 is 0 Å². The first-order valence-corrected chi connectivity index (χ1v) is 7.68. The van der Waals surface area contributed by atoms with Gasteiger partial charge in [0.05, 0.1) is 12.2 Å². The van der Waals surface area contributed by atoms with Crippen LogP contribution in [0.3, 0.4) is 0 Å². The van der Waals surface area contributed by atoms with Gasteiger partial charge >= 0.3 is 5.97 Å². The molecule has 3 nitrogen and oxygen atoms in total. The molecule has 7 heteroatoms. The molecule has 1 unspecified atom stereocenters. The summed E-state index contributed by atoms with van der Waals surface area (Å²) < 4.78 is 32.1. The fourth-order valence-electron chi connectivity index (χ4n) is 1.65. The first kappa shape index (κ1) is 17.9. The average molecular weight is 337 g/mol. The molecule has 0 aliphatic rings. The van der Waals surface area contributed by atoms with Crippen LogP contribution in [0.2, 0.25) is 0 Å². The number of hydrogen-bond donors (Lipinski definition) is 0. The molecule has 116 valence electrons. The van der Waals surface area contributed by atoms with Crippen LogP contribution >= 0.6 is 23.4 Å². The molecular weight excluding hydrogens is 322 g/mol. The quantitative estimate of drug-likeness (QED) is 0.426. The average Bonchev–Trinajstić information content (AvgIpc) is 2.40. The minimum absolute atomic E-state index is 0.00750. The number of rotatable bonds is 7. The smallest absolute Gasteiger partial charge is 0.319 e. The fourth-order valence-corrected chi connectivity index (χ4v) is 2.97. The number of carbonyl (C=O) groups is 2. The number of thioether (sulfide) groups is 1. The Hall–Kier alpha value is -1.14. The fraction of sp³-hybridized carbons (Fsp3) is 0.429. The summed E-state index contributed by atoms with van der Waals surface area (Å²) in [6.07, 6.45) is 1.17. The van der Waals surface area contributed by atoms with E-state index in [1.54, 1.807) is 6.92 Å². The molecule has 0 aromatic heterocycles. The molecule has 1 rings (SSSR count). The summed E-state index contributed by atoms with van der Waals surface area (Å²) in [5.41, 5.74) is -0.417. The SMILES string of the molecule is CCCC(Sc1cc(C(=O)Cl)c(F)cc1F)C(=O)OCC. The number of benzene rings is 1. The summed E-state index contributed by atoms with van der Waals surface area (Å²) in [6, 6.07) is 1.61. The molecule has 1 aromatic carbocycles. The summed E-state index contributed by atoms with van der Waals surface area (Å²) >= 11 is 6.14. The van der Waals surface area contributed by atoms with Crippen molar-refractivity contribution in [2.45, 2.75) is 36.8 Å². The highest BCUT2D eigenvalue weighted by atomic mass is 35.5. The second kappa shape index (κ2) is 8.34. The van der Waals surface area contributed by atoms with Crippen molar-refractivity contribution in [3.63, 3.8) is 0 Å². The van der Waals surface area contributed by atoms with Crippen molar-refractivity contribution in [1.29, 1.82) is 0 Å². The van der Waals surface area contributed by atoms with E-state index in [0.29, 0.717) is 18.9 Å². The molecule has 0 N–H and O–H groups in total. The first-order chi connectivity index (χ1) is 9.90. The molecule has 0 heterocycles. The van der Waals surface area contributed by atoms with Gasteiger partial charge in [-0.15, -0.1) is 11.8 Å². The lowest BCUT2D eigenvalue weighted by atomic mass is 10.2. The van der Waals surface area contributed by atoms with Gasteiger partial charge in [-0.05, 0) is 31.0 Å². The second-order valence-corrected chi connectivity index (χ2v) is 5.77. The largest absolute Gasteiger partial charge is 0.465 e. The van der Waals surface area contributed by atoms with E-state index in [-0.39, 0.29) is 11.5 Å². The Labute approximate surface area is 131 Å². The predicted octanol–water partition coefficient (Wildman–Crippen LogP) is 4.17. The van der Waals surface area contributed by atoms with Crippen LogP contribution in [0.25, 0.3) is 0 Å². The van der Waals surface area contributed by atoms with Gasteiger partial charge in [0.15, 0.2) is 0 Å². The van der Waals surface area contributed by atoms with Crippen LogP contribution in [-0.2, 0) is 9.53 Å². The predicted molar refractivity (Wildman–Crippen MR) is 77.7 cm³/mol. The van der Waals surface area contributed by atoms with Crippen LogP contribution in [0.1, 0.15) is 37.0 Å². The van der Waals surface area contributed by atoms with Crippen LogP contribution in [0, 0.1) is 11.6 Å². The van der Waals surface area contributed by atoms with Crippen molar-refractivity contribution in [3.8, 4) is 0 Å². The molecule has 1 aromatic rings. The molecule has 0 saturated carbocycles. The molecule has 21 heavy (non-hydrogen) atoms. The summed E-state index contributed by atoms with van der Waals surface area (Å²) in [5.74, 6) is -2.34. The molecule has 0 fully saturated rings. The number of carbonyl (C=O) groups excluding carboxylic acids is 2. The van der Waals surface area contributed by atoms with Crippen LogP contribution in [-0.4, -0.2) is 23.1 Å². The topological polar surface area (TPSA) is 43.4 Å². The lowest BCUT2D eigenvalue weighted by Gasteiger charge is -2.15. The molecule has 0 saturated heterocycles. The molecule has 0 aliphatic carbocycles. The van der Waals surface area contributed by atoms with Gasteiger partial charge in [0.1, 0.15) is 16.9 Å². The zero-order valence-corrected chi connectivity index (χ0v) is 13.2. The van der Waals surface area contributed by atoms with E-state index in [2.05, 4.69) is 0 Å². The van der Waals surface area contributed by atoms with Gasteiger partial charge in [-0.2, -0.15) is 0 Å². The molecule has 0 aliphatic heterocycles. The molecule has 0 radical (unpaired) electrons. The molecule has 0 amide bonds. The standard InChI is InChI=1S/C14H15ClF2O3S/c1-3-5-11(14(19)20-4-2)21-12-6-8(13(15)18)9(16)7-10(12)17/h6-7,11H,3-5H2,1-2H3. The summed E-state index contributed by atoms with van der Waals surface area (Å²) in [7, 11) is 0. The monoisotopic (exact) mass is 336 g/mol. The molecule has 0 bridgehead atoms. The zero-order valence-electron chi connectivity index (χ0n) is 11.6. The Morgan fingerprint density at radius 3 is 2.48 bits per heavy atom. The van der Waals surface area contributed by atoms with Crippen LogP contribution in [0.5, 0.6) is 0 Å². The van der Waals surface area contributed by atoms with Gasteiger partial charge < -0.3 is 4.74 Å². The van der Waals surface area contributed by atoms with Gasteiger partial charge in [-0.25, -0.2) is 8.78 Å². The molecule has 0 spiro atoms. The lowest BCUT2D eigenvalue weighted by molar-refractivity contribution is -0.142. The zero-order chi connectivity index (χ0) is 16.0. The van der Waals surface area contributed by atoms with E-state index < -0.39 is 33.7 Å². The number of hydrogen-bond acceptors (Lipinski definition) is 4. The first-order valence-electron chi connectivity index (χ1n) is 6.42. The maximum absolute atomic E-state index is 13.8. The van der Waals surface area contributed by atoms with E-state index in [0.717, 1.165) is 17.8 Å². The summed E-state index contributed by atoms with van der Waals surface area (Å²) in [6.45, 7) is 3.77. The molecule has 1 atom stereocenters. The normalized spacial score (nSPS) is 12.0. The summed E-state index contributed by atoms with van der Waals surface area (Å²) in [5, 5.41) is -1.63. The van der Waals surface area contributed by atoms with Gasteiger partial charge in [-0.3, -0.25) is 9.59 Å². The van der Waals surface area contributed by atoms with Gasteiger partial charge in [0, 0.05) is 11.0 Å². The van der Waals surface area contributed by atoms with Crippen LogP contribution in [0.15, 0.2) is 17.0 Å². The third-order valence-corrected chi connectivity index (χ3v) is 4.09. The van der Waals surface area contributed by atoms with Gasteiger partial charge in [0.25, 0.3) is 5.24 Å². The minimum atomic E-state index is -1.03. The Bertz CT molecular complexity index is 537. The Balaban J connectivity index is 3.05. The maximum atomic E-state index is 13.8. The van der Waals surface area contributed by atoms with Crippen molar-refractivity contribution in [1.82, 2.24) is 0 Å². The number of esters is 1. The molecular formula is C14H15ClF2O3S. The third kappa shape index (κ3) is 4.97. The van der Waals surface area contributed by atoms with E-state index >= 15 is 0 Å². The minimum Gasteiger partial charge on any atom is -0.465 e. The Morgan fingerprint density at radius 1 is 1.29 bits per heavy atom. The van der Waals surface area contributed by atoms with Crippen molar-refractivity contribution < 1.29 is 23.1 Å². The van der Waals surface area contributed by atoms with Crippen molar-refractivity contribution >= 4 is 34.6 Å². The third-order valence-electron chi connectivity index (χ3n) is 2.60.